The van der Waals surface area contributed by atoms with Gasteiger partial charge in [0.2, 0.25) is 5.91 Å². The number of nitrogens with one attached hydrogen (secondary N) is 1. The Bertz CT molecular complexity index is 1480. The number of allylic oxidation sites excluding steroid dienone is 9. The van der Waals surface area contributed by atoms with Gasteiger partial charge in [0.15, 0.2) is 0 Å². The Labute approximate surface area is 537 Å². The van der Waals surface area contributed by atoms with E-state index >= 15 is 0 Å². The van der Waals surface area contributed by atoms with Crippen molar-refractivity contribution >= 4 is 11.9 Å². The first-order chi connectivity index (χ1) is 42.5. The van der Waals surface area contributed by atoms with E-state index in [1.165, 1.54) is 327 Å². The van der Waals surface area contributed by atoms with Gasteiger partial charge in [0.05, 0.1) is 25.4 Å². The Kier molecular flexibility index (Phi) is 72.9. The van der Waals surface area contributed by atoms with Crippen molar-refractivity contribution in [1.29, 1.82) is 0 Å². The van der Waals surface area contributed by atoms with Gasteiger partial charge in [0.1, 0.15) is 0 Å². The van der Waals surface area contributed by atoms with Gasteiger partial charge in [0, 0.05) is 12.8 Å². The highest BCUT2D eigenvalue weighted by Crippen LogP contribution is 2.19. The zero-order valence-corrected chi connectivity index (χ0v) is 57.8. The molecular weight excluding hydrogens is 1050 g/mol. The van der Waals surface area contributed by atoms with Crippen molar-refractivity contribution in [3.63, 3.8) is 0 Å². The standard InChI is InChI=1S/C80H149NO5/c1-3-5-7-9-11-13-15-16-17-18-40-44-47-50-54-58-62-66-70-74-80(85)86-75-71-67-63-59-55-51-48-45-42-39-37-35-33-31-29-27-25-23-21-19-20-22-24-26-28-30-32-34-36-38-41-43-46-49-53-57-61-65-69-73-79(84)81-77(76-82)78(83)72-68-64-60-56-52-14-12-10-8-6-4-2/h11,13,16-17,19-20,23,25,68,72,77-78,82-83H,3-10,12,14-15,18,21-22,24,26-67,69-71,73-76H2,1-2H3,(H,81,84)/b13-11-,17-16-,20-19-,25-23-,72-68+. The predicted octanol–water partition coefficient (Wildman–Crippen LogP) is 25.4. The maximum absolute atomic E-state index is 12.4. The van der Waals surface area contributed by atoms with E-state index in [1.54, 1.807) is 6.08 Å². The maximum atomic E-state index is 12.4. The molecular formula is C80H149NO5. The lowest BCUT2D eigenvalue weighted by molar-refractivity contribution is -0.143. The number of carbonyl (C=O) groups excluding carboxylic acids is 2. The summed E-state index contributed by atoms with van der Waals surface area (Å²) in [6.07, 6.45) is 101. The molecule has 0 saturated heterocycles. The van der Waals surface area contributed by atoms with E-state index in [2.05, 4.69) is 67.8 Å². The molecule has 0 aliphatic rings. The SMILES string of the molecule is CCCCC/C=C\C/C=C\CCCCCCCCCCCC(=O)OCCCCCCCCCCCCCCCCC/C=C\C/C=C\CCCCCCCCCCCCCCCCCCCC(=O)NC(CO)C(O)/C=C/CCCCCCCCCCC. The van der Waals surface area contributed by atoms with E-state index in [0.29, 0.717) is 19.4 Å². The van der Waals surface area contributed by atoms with Crippen molar-refractivity contribution in [3.05, 3.63) is 60.8 Å². The third-order valence-electron chi connectivity index (χ3n) is 17.8. The second kappa shape index (κ2) is 75.0. The van der Waals surface area contributed by atoms with Gasteiger partial charge in [-0.05, 0) is 96.3 Å². The van der Waals surface area contributed by atoms with Gasteiger partial charge in [0.25, 0.3) is 0 Å². The largest absolute Gasteiger partial charge is 0.466 e. The quantitative estimate of drug-likeness (QED) is 0.0320. The molecule has 0 saturated carbocycles. The highest BCUT2D eigenvalue weighted by atomic mass is 16.5. The Morgan fingerprint density at radius 3 is 0.907 bits per heavy atom. The molecule has 0 radical (unpaired) electrons. The summed E-state index contributed by atoms with van der Waals surface area (Å²) in [6, 6.07) is -0.625. The third kappa shape index (κ3) is 70.6. The molecule has 3 N–H and O–H groups in total. The Hall–Kier alpha value is -2.44. The molecule has 0 heterocycles. The predicted molar refractivity (Wildman–Crippen MR) is 379 cm³/mol. The van der Waals surface area contributed by atoms with Gasteiger partial charge in [-0.2, -0.15) is 0 Å². The lowest BCUT2D eigenvalue weighted by Crippen LogP contribution is -2.45. The molecule has 2 atom stereocenters. The zero-order chi connectivity index (χ0) is 62.0. The van der Waals surface area contributed by atoms with Gasteiger partial charge in [-0.1, -0.05) is 364 Å². The Balaban J connectivity index is 3.34. The molecule has 0 aliphatic carbocycles. The van der Waals surface area contributed by atoms with Gasteiger partial charge in [-0.25, -0.2) is 0 Å². The highest BCUT2D eigenvalue weighted by Gasteiger charge is 2.18. The lowest BCUT2D eigenvalue weighted by Gasteiger charge is -2.20. The summed E-state index contributed by atoms with van der Waals surface area (Å²) in [5, 5.41) is 23.1. The number of esters is 1. The fraction of sp³-hybridized carbons (Fsp3) is 0.850. The Morgan fingerprint density at radius 1 is 0.326 bits per heavy atom. The van der Waals surface area contributed by atoms with Crippen LogP contribution in [0.15, 0.2) is 60.8 Å². The molecule has 504 valence electrons. The summed E-state index contributed by atoms with van der Waals surface area (Å²) in [7, 11) is 0. The molecule has 6 nitrogen and oxygen atoms in total. The molecule has 0 fully saturated rings. The average molecular weight is 1210 g/mol. The van der Waals surface area contributed by atoms with Crippen LogP contribution >= 0.6 is 0 Å². The first-order valence-electron chi connectivity index (χ1n) is 38.6. The minimum Gasteiger partial charge on any atom is -0.466 e. The summed E-state index contributed by atoms with van der Waals surface area (Å²) in [5.41, 5.74) is 0. The van der Waals surface area contributed by atoms with Crippen LogP contribution in [0.2, 0.25) is 0 Å². The number of carbonyl (C=O) groups is 2. The average Bonchev–Trinajstić information content (AvgIpc) is 3.58. The number of ether oxygens (including phenoxy) is 1. The van der Waals surface area contributed by atoms with Crippen LogP contribution in [0, 0.1) is 0 Å². The van der Waals surface area contributed by atoms with Crippen molar-refractivity contribution in [2.75, 3.05) is 13.2 Å². The minimum atomic E-state index is -0.841. The molecule has 2 unspecified atom stereocenters. The number of aliphatic hydroxyl groups excluding tert-OH is 2. The number of amides is 1. The molecule has 0 bridgehead atoms. The second-order valence-electron chi connectivity index (χ2n) is 26.3. The van der Waals surface area contributed by atoms with Crippen LogP contribution < -0.4 is 5.32 Å². The maximum Gasteiger partial charge on any atom is 0.305 e. The van der Waals surface area contributed by atoms with Gasteiger partial charge < -0.3 is 20.3 Å². The van der Waals surface area contributed by atoms with Crippen molar-refractivity contribution in [3.8, 4) is 0 Å². The summed E-state index contributed by atoms with van der Waals surface area (Å²) in [5.74, 6) is -0.0486. The molecule has 86 heavy (non-hydrogen) atoms. The number of hydrogen-bond donors (Lipinski definition) is 3. The van der Waals surface area contributed by atoms with Crippen LogP contribution in [-0.4, -0.2) is 47.4 Å². The molecule has 6 heteroatoms. The molecule has 1 amide bonds. The summed E-state index contributed by atoms with van der Waals surface area (Å²) < 4.78 is 5.51. The van der Waals surface area contributed by atoms with Crippen molar-refractivity contribution in [1.82, 2.24) is 5.32 Å². The Morgan fingerprint density at radius 2 is 0.581 bits per heavy atom. The molecule has 0 aliphatic heterocycles. The van der Waals surface area contributed by atoms with Crippen LogP contribution in [-0.2, 0) is 14.3 Å². The first kappa shape index (κ1) is 83.6. The summed E-state index contributed by atoms with van der Waals surface area (Å²) in [4.78, 5) is 24.6. The fourth-order valence-corrected chi connectivity index (χ4v) is 11.9. The molecule has 0 spiro atoms. The van der Waals surface area contributed by atoms with E-state index in [0.717, 1.165) is 57.8 Å². The lowest BCUT2D eigenvalue weighted by atomic mass is 10.0. The zero-order valence-electron chi connectivity index (χ0n) is 57.8. The van der Waals surface area contributed by atoms with Crippen LogP contribution in [0.1, 0.15) is 412 Å². The van der Waals surface area contributed by atoms with Gasteiger partial charge in [-0.3, -0.25) is 9.59 Å². The van der Waals surface area contributed by atoms with Crippen LogP contribution in [0.4, 0.5) is 0 Å². The molecule has 0 aromatic carbocycles. The number of aliphatic hydroxyl groups is 2. The number of unbranched alkanes of at least 4 members (excludes halogenated alkanes) is 53. The van der Waals surface area contributed by atoms with E-state index < -0.39 is 12.1 Å². The molecule has 0 rings (SSSR count). The summed E-state index contributed by atoms with van der Waals surface area (Å²) in [6.45, 7) is 4.89. The first-order valence-corrected chi connectivity index (χ1v) is 38.6. The van der Waals surface area contributed by atoms with Crippen LogP contribution in [0.3, 0.4) is 0 Å². The number of rotatable bonds is 72. The third-order valence-corrected chi connectivity index (χ3v) is 17.8. The van der Waals surface area contributed by atoms with Crippen molar-refractivity contribution in [2.24, 2.45) is 0 Å². The molecule has 0 aromatic heterocycles. The normalized spacial score (nSPS) is 12.8. The number of hydrogen-bond acceptors (Lipinski definition) is 5. The van der Waals surface area contributed by atoms with Crippen LogP contribution in [0.25, 0.3) is 0 Å². The fourth-order valence-electron chi connectivity index (χ4n) is 11.9. The van der Waals surface area contributed by atoms with E-state index in [4.69, 9.17) is 4.74 Å². The molecule has 0 aromatic rings. The van der Waals surface area contributed by atoms with Crippen molar-refractivity contribution < 1.29 is 24.5 Å². The van der Waals surface area contributed by atoms with Gasteiger partial charge in [-0.15, -0.1) is 0 Å². The second-order valence-corrected chi connectivity index (χ2v) is 26.3. The summed E-state index contributed by atoms with van der Waals surface area (Å²) >= 11 is 0. The van der Waals surface area contributed by atoms with E-state index in [9.17, 15) is 19.8 Å². The monoisotopic (exact) mass is 1200 g/mol. The van der Waals surface area contributed by atoms with E-state index in [1.807, 2.05) is 6.08 Å². The van der Waals surface area contributed by atoms with E-state index in [-0.39, 0.29) is 18.5 Å². The minimum absolute atomic E-state index is 0.0164. The highest BCUT2D eigenvalue weighted by molar-refractivity contribution is 5.76. The smallest absolute Gasteiger partial charge is 0.305 e. The van der Waals surface area contributed by atoms with Gasteiger partial charge >= 0.3 is 5.97 Å². The van der Waals surface area contributed by atoms with Crippen LogP contribution in [0.5, 0.6) is 0 Å². The van der Waals surface area contributed by atoms with Crippen molar-refractivity contribution in [2.45, 2.75) is 424 Å². The topological polar surface area (TPSA) is 95.9 Å².